The molecule has 0 aromatic rings. The quantitative estimate of drug-likeness (QED) is 0.736. The molecule has 1 aliphatic carbocycles. The first-order valence-electron chi connectivity index (χ1n) is 6.60. The summed E-state index contributed by atoms with van der Waals surface area (Å²) in [5, 5.41) is 3.06. The molecule has 100 valence electrons. The number of amides is 1. The van der Waals surface area contributed by atoms with Gasteiger partial charge in [0.1, 0.15) is 0 Å². The van der Waals surface area contributed by atoms with Crippen molar-refractivity contribution in [1.82, 2.24) is 5.32 Å². The molecule has 1 saturated carbocycles. The van der Waals surface area contributed by atoms with E-state index in [1.807, 2.05) is 11.8 Å². The number of nitrogens with two attached hydrogens (primary N) is 1. The molecule has 0 aromatic heterocycles. The number of nitrogens with one attached hydrogen (secondary N) is 1. The molecule has 1 aliphatic rings. The number of rotatable bonds is 7. The van der Waals surface area contributed by atoms with Crippen LogP contribution in [0, 0.1) is 0 Å². The molecule has 0 aromatic carbocycles. The minimum atomic E-state index is -0.204. The second-order valence-electron chi connectivity index (χ2n) is 5.26. The van der Waals surface area contributed by atoms with Crippen LogP contribution in [0.2, 0.25) is 0 Å². The first kappa shape index (κ1) is 14.8. The van der Waals surface area contributed by atoms with Crippen LogP contribution in [0.5, 0.6) is 0 Å². The van der Waals surface area contributed by atoms with Gasteiger partial charge in [-0.1, -0.05) is 13.8 Å². The molecule has 0 radical (unpaired) electrons. The van der Waals surface area contributed by atoms with Crippen molar-refractivity contribution in [1.29, 1.82) is 0 Å². The third-order valence-electron chi connectivity index (χ3n) is 4.19. The zero-order valence-electron chi connectivity index (χ0n) is 11.3. The van der Waals surface area contributed by atoms with Gasteiger partial charge < -0.3 is 11.1 Å². The van der Waals surface area contributed by atoms with Crippen molar-refractivity contribution in [3.05, 3.63) is 0 Å². The van der Waals surface area contributed by atoms with E-state index < -0.39 is 0 Å². The summed E-state index contributed by atoms with van der Waals surface area (Å²) in [5.74, 6) is 0.118. The van der Waals surface area contributed by atoms with Gasteiger partial charge in [-0.05, 0) is 38.4 Å². The van der Waals surface area contributed by atoms with Crippen LogP contribution < -0.4 is 11.1 Å². The minimum Gasteiger partial charge on any atom is -0.355 e. The number of thioether (sulfide) groups is 1. The van der Waals surface area contributed by atoms with Gasteiger partial charge in [0, 0.05) is 23.3 Å². The Hall–Kier alpha value is -0.220. The largest absolute Gasteiger partial charge is 0.355 e. The lowest BCUT2D eigenvalue weighted by Crippen LogP contribution is -2.51. The van der Waals surface area contributed by atoms with Gasteiger partial charge in [-0.25, -0.2) is 0 Å². The summed E-state index contributed by atoms with van der Waals surface area (Å²) in [6, 6.07) is 0. The van der Waals surface area contributed by atoms with Gasteiger partial charge in [-0.3, -0.25) is 4.79 Å². The van der Waals surface area contributed by atoms with Crippen molar-refractivity contribution in [2.45, 2.75) is 62.7 Å². The molecule has 1 fully saturated rings. The SMILES string of the molecule is CCC(CC)(CNC(=O)CC1(N)CCC1)SC. The average molecular weight is 258 g/mol. The van der Waals surface area contributed by atoms with Crippen LogP contribution in [0.3, 0.4) is 0 Å². The molecule has 3 nitrogen and oxygen atoms in total. The number of hydrogen-bond donors (Lipinski definition) is 2. The lowest BCUT2D eigenvalue weighted by atomic mass is 9.75. The van der Waals surface area contributed by atoms with E-state index in [1.54, 1.807) is 0 Å². The highest BCUT2D eigenvalue weighted by atomic mass is 32.2. The highest BCUT2D eigenvalue weighted by Crippen LogP contribution is 2.32. The Morgan fingerprint density at radius 2 is 2.00 bits per heavy atom. The molecule has 0 atom stereocenters. The van der Waals surface area contributed by atoms with Gasteiger partial charge in [0.2, 0.25) is 5.91 Å². The molecular formula is C13H26N2OS. The molecule has 0 saturated heterocycles. The Labute approximate surface area is 109 Å². The standard InChI is InChI=1S/C13H26N2OS/c1-4-13(5-2,17-3)10-15-11(16)9-12(14)7-6-8-12/h4-10,14H2,1-3H3,(H,15,16). The molecule has 0 heterocycles. The van der Waals surface area contributed by atoms with Crippen molar-refractivity contribution in [3.63, 3.8) is 0 Å². The summed E-state index contributed by atoms with van der Waals surface area (Å²) in [4.78, 5) is 11.8. The van der Waals surface area contributed by atoms with Crippen LogP contribution in [-0.2, 0) is 4.79 Å². The third-order valence-corrected chi connectivity index (χ3v) is 5.78. The predicted octanol–water partition coefficient (Wildman–Crippen LogP) is 2.30. The van der Waals surface area contributed by atoms with Gasteiger partial charge >= 0.3 is 0 Å². The predicted molar refractivity (Wildman–Crippen MR) is 75.2 cm³/mol. The highest BCUT2D eigenvalue weighted by molar-refractivity contribution is 8.00. The van der Waals surface area contributed by atoms with Crippen LogP contribution in [0.1, 0.15) is 52.4 Å². The number of carbonyl (C=O) groups excluding carboxylic acids is 1. The molecule has 0 spiro atoms. The summed E-state index contributed by atoms with van der Waals surface area (Å²) in [6.45, 7) is 5.13. The van der Waals surface area contributed by atoms with E-state index in [2.05, 4.69) is 25.4 Å². The average Bonchev–Trinajstić information content (AvgIpc) is 2.29. The van der Waals surface area contributed by atoms with Crippen LogP contribution >= 0.6 is 11.8 Å². The number of carbonyl (C=O) groups is 1. The second kappa shape index (κ2) is 6.10. The summed E-state index contributed by atoms with van der Waals surface area (Å²) >= 11 is 1.85. The lowest BCUT2D eigenvalue weighted by Gasteiger charge is -2.38. The Bertz CT molecular complexity index is 252. The van der Waals surface area contributed by atoms with Crippen molar-refractivity contribution in [2.75, 3.05) is 12.8 Å². The maximum absolute atomic E-state index is 11.8. The number of hydrogen-bond acceptors (Lipinski definition) is 3. The van der Waals surface area contributed by atoms with Gasteiger partial charge in [-0.2, -0.15) is 11.8 Å². The topological polar surface area (TPSA) is 55.1 Å². The van der Waals surface area contributed by atoms with E-state index in [4.69, 9.17) is 5.73 Å². The Kier molecular flexibility index (Phi) is 5.32. The first-order chi connectivity index (χ1) is 7.99. The summed E-state index contributed by atoms with van der Waals surface area (Å²) in [7, 11) is 0. The first-order valence-corrected chi connectivity index (χ1v) is 7.82. The summed E-state index contributed by atoms with van der Waals surface area (Å²) in [6.07, 6.45) is 7.94. The van der Waals surface area contributed by atoms with E-state index in [0.29, 0.717) is 6.42 Å². The van der Waals surface area contributed by atoms with Crippen LogP contribution in [0.15, 0.2) is 0 Å². The Balaban J connectivity index is 2.36. The van der Waals surface area contributed by atoms with E-state index in [0.717, 1.165) is 32.2 Å². The van der Waals surface area contributed by atoms with Crippen LogP contribution in [0.4, 0.5) is 0 Å². The molecule has 1 rings (SSSR count). The van der Waals surface area contributed by atoms with E-state index in [-0.39, 0.29) is 16.2 Å². The second-order valence-corrected chi connectivity index (χ2v) is 6.54. The van der Waals surface area contributed by atoms with Crippen molar-refractivity contribution < 1.29 is 4.79 Å². The van der Waals surface area contributed by atoms with Crippen LogP contribution in [0.25, 0.3) is 0 Å². The fourth-order valence-corrected chi connectivity index (χ4v) is 3.10. The molecular weight excluding hydrogens is 232 g/mol. The van der Waals surface area contributed by atoms with Gasteiger partial charge in [0.25, 0.3) is 0 Å². The van der Waals surface area contributed by atoms with Gasteiger partial charge in [0.05, 0.1) is 0 Å². The summed E-state index contributed by atoms with van der Waals surface area (Å²) in [5.41, 5.74) is 5.87. The molecule has 1 amide bonds. The molecule has 0 bridgehead atoms. The third kappa shape index (κ3) is 3.88. The van der Waals surface area contributed by atoms with Crippen molar-refractivity contribution in [3.8, 4) is 0 Å². The highest BCUT2D eigenvalue weighted by Gasteiger charge is 2.35. The zero-order chi connectivity index (χ0) is 12.9. The fourth-order valence-electron chi connectivity index (χ4n) is 2.31. The monoisotopic (exact) mass is 258 g/mol. The van der Waals surface area contributed by atoms with E-state index in [9.17, 15) is 4.79 Å². The Morgan fingerprint density at radius 3 is 2.35 bits per heavy atom. The lowest BCUT2D eigenvalue weighted by molar-refractivity contribution is -0.123. The maximum atomic E-state index is 11.8. The van der Waals surface area contributed by atoms with Crippen LogP contribution in [-0.4, -0.2) is 29.0 Å². The van der Waals surface area contributed by atoms with Crippen molar-refractivity contribution in [2.24, 2.45) is 5.73 Å². The van der Waals surface area contributed by atoms with E-state index >= 15 is 0 Å². The molecule has 0 aliphatic heterocycles. The van der Waals surface area contributed by atoms with Gasteiger partial charge in [-0.15, -0.1) is 0 Å². The zero-order valence-corrected chi connectivity index (χ0v) is 12.2. The molecule has 0 unspecified atom stereocenters. The molecule has 4 heteroatoms. The van der Waals surface area contributed by atoms with Crippen molar-refractivity contribution >= 4 is 17.7 Å². The smallest absolute Gasteiger partial charge is 0.221 e. The molecule has 3 N–H and O–H groups in total. The van der Waals surface area contributed by atoms with E-state index in [1.165, 1.54) is 6.42 Å². The Morgan fingerprint density at radius 1 is 1.41 bits per heavy atom. The molecule has 17 heavy (non-hydrogen) atoms. The minimum absolute atomic E-state index is 0.118. The van der Waals surface area contributed by atoms with Gasteiger partial charge in [0.15, 0.2) is 0 Å². The maximum Gasteiger partial charge on any atom is 0.221 e. The normalized spacial score (nSPS) is 18.6. The summed E-state index contributed by atoms with van der Waals surface area (Å²) < 4.78 is 0.192. The fraction of sp³-hybridized carbons (Fsp3) is 0.923.